The average molecular weight is 246 g/mol. The Hall–Kier alpha value is -1.51. The number of rotatable bonds is 3. The molecular formula is C15H18O3. The van der Waals surface area contributed by atoms with Gasteiger partial charge in [-0.1, -0.05) is 12.1 Å². The predicted octanol–water partition coefficient (Wildman–Crippen LogP) is 2.51. The maximum absolute atomic E-state index is 11.7. The normalized spacial score (nSPS) is 19.6. The van der Waals surface area contributed by atoms with Gasteiger partial charge in [-0.3, -0.25) is 4.79 Å². The lowest BCUT2D eigenvalue weighted by Gasteiger charge is -2.19. The van der Waals surface area contributed by atoms with Crippen molar-refractivity contribution in [3.63, 3.8) is 0 Å². The predicted molar refractivity (Wildman–Crippen MR) is 67.6 cm³/mol. The van der Waals surface area contributed by atoms with E-state index in [-0.39, 0.29) is 11.4 Å². The van der Waals surface area contributed by atoms with Crippen molar-refractivity contribution >= 4 is 5.97 Å². The first-order valence-corrected chi connectivity index (χ1v) is 6.57. The van der Waals surface area contributed by atoms with Gasteiger partial charge in [0.05, 0.1) is 19.1 Å². The number of carbonyl (C=O) groups excluding carboxylic acids is 1. The molecule has 3 rings (SSSR count). The molecule has 0 atom stereocenters. The average Bonchev–Trinajstić information content (AvgIpc) is 3.18. The summed E-state index contributed by atoms with van der Waals surface area (Å²) in [5, 5.41) is 0. The van der Waals surface area contributed by atoms with Crippen molar-refractivity contribution in [2.24, 2.45) is 5.41 Å². The zero-order valence-corrected chi connectivity index (χ0v) is 10.7. The first-order valence-electron chi connectivity index (χ1n) is 6.57. The van der Waals surface area contributed by atoms with E-state index in [0.717, 1.165) is 44.5 Å². The summed E-state index contributed by atoms with van der Waals surface area (Å²) in [6.07, 6.45) is 4.86. The molecule has 0 aromatic heterocycles. The smallest absolute Gasteiger partial charge is 0.312 e. The molecule has 1 aliphatic heterocycles. The first kappa shape index (κ1) is 11.6. The van der Waals surface area contributed by atoms with Crippen LogP contribution in [-0.4, -0.2) is 19.7 Å². The third-order valence-electron chi connectivity index (χ3n) is 3.99. The second kappa shape index (κ2) is 4.30. The van der Waals surface area contributed by atoms with E-state index in [9.17, 15) is 4.79 Å². The van der Waals surface area contributed by atoms with Gasteiger partial charge in [0.2, 0.25) is 0 Å². The van der Waals surface area contributed by atoms with E-state index >= 15 is 0 Å². The van der Waals surface area contributed by atoms with Gasteiger partial charge in [0.25, 0.3) is 0 Å². The number of hydrogen-bond donors (Lipinski definition) is 0. The lowest BCUT2D eigenvalue weighted by Crippen LogP contribution is -2.20. The van der Waals surface area contributed by atoms with E-state index in [1.165, 1.54) is 18.2 Å². The molecule has 0 N–H and O–H groups in total. The number of hydrogen-bond acceptors (Lipinski definition) is 3. The molecule has 1 heterocycles. The number of methoxy groups -OCH3 is 1. The SMILES string of the molecule is COC(=O)C1(Cc2ccc3c(c2)CCCO3)CC1. The van der Waals surface area contributed by atoms with Crippen LogP contribution in [0.15, 0.2) is 18.2 Å². The van der Waals surface area contributed by atoms with Gasteiger partial charge < -0.3 is 9.47 Å². The monoisotopic (exact) mass is 246 g/mol. The first-order chi connectivity index (χ1) is 8.73. The van der Waals surface area contributed by atoms with Crippen LogP contribution in [0.25, 0.3) is 0 Å². The number of esters is 1. The minimum atomic E-state index is -0.238. The van der Waals surface area contributed by atoms with Crippen LogP contribution in [0, 0.1) is 5.41 Å². The van der Waals surface area contributed by atoms with Crippen molar-refractivity contribution in [1.29, 1.82) is 0 Å². The van der Waals surface area contributed by atoms with E-state index in [1.54, 1.807) is 0 Å². The van der Waals surface area contributed by atoms with Crippen molar-refractivity contribution in [2.75, 3.05) is 13.7 Å². The van der Waals surface area contributed by atoms with Gasteiger partial charge in [0.1, 0.15) is 5.75 Å². The van der Waals surface area contributed by atoms with Gasteiger partial charge in [0.15, 0.2) is 0 Å². The van der Waals surface area contributed by atoms with E-state index in [2.05, 4.69) is 12.1 Å². The fraction of sp³-hybridized carbons (Fsp3) is 0.533. The largest absolute Gasteiger partial charge is 0.493 e. The highest BCUT2D eigenvalue weighted by Gasteiger charge is 2.50. The molecule has 1 aliphatic carbocycles. The van der Waals surface area contributed by atoms with Crippen LogP contribution in [0.3, 0.4) is 0 Å². The molecule has 96 valence electrons. The van der Waals surface area contributed by atoms with Crippen LogP contribution in [0.1, 0.15) is 30.4 Å². The Kier molecular flexibility index (Phi) is 2.77. The van der Waals surface area contributed by atoms with Crippen molar-refractivity contribution < 1.29 is 14.3 Å². The number of fused-ring (bicyclic) bond motifs is 1. The summed E-state index contributed by atoms with van der Waals surface area (Å²) < 4.78 is 10.5. The Bertz CT molecular complexity index is 475. The van der Waals surface area contributed by atoms with Gasteiger partial charge in [-0.25, -0.2) is 0 Å². The molecule has 3 heteroatoms. The summed E-state index contributed by atoms with van der Waals surface area (Å²) in [6.45, 7) is 0.818. The number of carbonyl (C=O) groups is 1. The van der Waals surface area contributed by atoms with Crippen molar-refractivity contribution in [2.45, 2.75) is 32.1 Å². The van der Waals surface area contributed by atoms with Gasteiger partial charge >= 0.3 is 5.97 Å². The third-order valence-corrected chi connectivity index (χ3v) is 3.99. The van der Waals surface area contributed by atoms with Crippen molar-refractivity contribution in [3.05, 3.63) is 29.3 Å². The number of benzene rings is 1. The minimum Gasteiger partial charge on any atom is -0.493 e. The van der Waals surface area contributed by atoms with Gasteiger partial charge in [-0.2, -0.15) is 0 Å². The molecular weight excluding hydrogens is 228 g/mol. The zero-order valence-electron chi connectivity index (χ0n) is 10.7. The summed E-state index contributed by atoms with van der Waals surface area (Å²) in [5.74, 6) is 0.949. The molecule has 0 spiro atoms. The van der Waals surface area contributed by atoms with Gasteiger partial charge in [-0.05, 0) is 49.3 Å². The number of ether oxygens (including phenoxy) is 2. The molecule has 0 amide bonds. The van der Waals surface area contributed by atoms with Crippen LogP contribution in [0.2, 0.25) is 0 Å². The molecule has 2 aliphatic rings. The third kappa shape index (κ3) is 1.98. The van der Waals surface area contributed by atoms with Gasteiger partial charge in [0, 0.05) is 0 Å². The van der Waals surface area contributed by atoms with Crippen LogP contribution in [0.5, 0.6) is 5.75 Å². The van der Waals surface area contributed by atoms with Crippen LogP contribution >= 0.6 is 0 Å². The Morgan fingerprint density at radius 1 is 1.44 bits per heavy atom. The van der Waals surface area contributed by atoms with E-state index in [0.29, 0.717) is 0 Å². The highest BCUT2D eigenvalue weighted by Crippen LogP contribution is 2.49. The van der Waals surface area contributed by atoms with Crippen molar-refractivity contribution in [3.8, 4) is 5.75 Å². The minimum absolute atomic E-state index is 0.0588. The second-order valence-corrected chi connectivity index (χ2v) is 5.34. The maximum atomic E-state index is 11.7. The molecule has 18 heavy (non-hydrogen) atoms. The fourth-order valence-electron chi connectivity index (χ4n) is 2.73. The topological polar surface area (TPSA) is 35.5 Å². The maximum Gasteiger partial charge on any atom is 0.312 e. The molecule has 0 unspecified atom stereocenters. The molecule has 0 bridgehead atoms. The van der Waals surface area contributed by atoms with Crippen molar-refractivity contribution in [1.82, 2.24) is 0 Å². The summed E-state index contributed by atoms with van der Waals surface area (Å²) in [7, 11) is 1.48. The van der Waals surface area contributed by atoms with Crippen LogP contribution < -0.4 is 4.74 Å². The highest BCUT2D eigenvalue weighted by molar-refractivity contribution is 5.80. The summed E-state index contributed by atoms with van der Waals surface area (Å²) in [4.78, 5) is 11.7. The lowest BCUT2D eigenvalue weighted by atomic mass is 9.94. The summed E-state index contributed by atoms with van der Waals surface area (Å²) >= 11 is 0. The van der Waals surface area contributed by atoms with Gasteiger partial charge in [-0.15, -0.1) is 0 Å². The highest BCUT2D eigenvalue weighted by atomic mass is 16.5. The Morgan fingerprint density at radius 2 is 2.28 bits per heavy atom. The molecule has 0 radical (unpaired) electrons. The molecule has 1 aromatic carbocycles. The standard InChI is InChI=1S/C15H18O3/c1-17-14(16)15(6-7-15)10-11-4-5-13-12(9-11)3-2-8-18-13/h4-5,9H,2-3,6-8,10H2,1H3. The van der Waals surface area contributed by atoms with Crippen LogP contribution in [0.4, 0.5) is 0 Å². The summed E-state index contributed by atoms with van der Waals surface area (Å²) in [5.41, 5.74) is 2.26. The summed E-state index contributed by atoms with van der Waals surface area (Å²) in [6, 6.07) is 6.31. The number of aryl methyl sites for hydroxylation is 1. The molecule has 0 saturated heterocycles. The molecule has 1 saturated carbocycles. The quantitative estimate of drug-likeness (QED) is 0.769. The lowest BCUT2D eigenvalue weighted by molar-refractivity contribution is -0.147. The van der Waals surface area contributed by atoms with E-state index in [1.807, 2.05) is 6.07 Å². The van der Waals surface area contributed by atoms with E-state index < -0.39 is 0 Å². The second-order valence-electron chi connectivity index (χ2n) is 5.34. The van der Waals surface area contributed by atoms with Crippen LogP contribution in [-0.2, 0) is 22.4 Å². The zero-order chi connectivity index (χ0) is 12.6. The Balaban J connectivity index is 1.79. The Labute approximate surface area is 107 Å². The van der Waals surface area contributed by atoms with E-state index in [4.69, 9.17) is 9.47 Å². The fourth-order valence-corrected chi connectivity index (χ4v) is 2.73. The molecule has 3 nitrogen and oxygen atoms in total. The molecule has 1 fully saturated rings. The Morgan fingerprint density at radius 3 is 3.00 bits per heavy atom. The molecule has 1 aromatic rings.